The van der Waals surface area contributed by atoms with E-state index in [1.165, 1.54) is 0 Å². The highest BCUT2D eigenvalue weighted by Gasteiger charge is 2.01. The van der Waals surface area contributed by atoms with Crippen molar-refractivity contribution in [1.82, 2.24) is 4.98 Å². The molecule has 0 aliphatic heterocycles. The molecule has 2 aromatic rings. The number of fused-ring (bicyclic) bond motifs is 1. The molecule has 0 unspecified atom stereocenters. The van der Waals surface area contributed by atoms with Gasteiger partial charge in [-0.1, -0.05) is 18.2 Å². The Morgan fingerprint density at radius 3 is 2.85 bits per heavy atom. The van der Waals surface area contributed by atoms with Gasteiger partial charge in [0.2, 0.25) is 0 Å². The molecule has 0 atom stereocenters. The molecule has 0 amide bonds. The summed E-state index contributed by atoms with van der Waals surface area (Å²) < 4.78 is 5.43. The molecule has 0 fully saturated rings. The van der Waals surface area contributed by atoms with E-state index in [0.29, 0.717) is 6.42 Å². The van der Waals surface area contributed by atoms with Crippen molar-refractivity contribution in [2.24, 2.45) is 0 Å². The summed E-state index contributed by atoms with van der Waals surface area (Å²) in [5, 5.41) is 0. The molecule has 0 aliphatic carbocycles. The number of hydrogen-bond acceptors (Lipinski definition) is 2. The molecular weight excluding hydrogens is 161 g/mol. The van der Waals surface area contributed by atoms with E-state index in [1.807, 2.05) is 24.3 Å². The lowest BCUT2D eigenvalue weighted by Crippen LogP contribution is -1.76. The summed E-state index contributed by atoms with van der Waals surface area (Å²) in [6.07, 6.45) is 2.47. The van der Waals surface area contributed by atoms with Crippen LogP contribution in [-0.2, 0) is 6.42 Å². The zero-order valence-electron chi connectivity index (χ0n) is 7.23. The SMILES string of the molecule is C=CCc1nc2ccccc2o1.[B]. The molecule has 1 aromatic heterocycles. The third-order valence-electron chi connectivity index (χ3n) is 1.66. The number of hydrogen-bond donors (Lipinski definition) is 0. The number of rotatable bonds is 2. The predicted molar refractivity (Wildman–Crippen MR) is 53.7 cm³/mol. The summed E-state index contributed by atoms with van der Waals surface area (Å²) in [5.41, 5.74) is 1.75. The van der Waals surface area contributed by atoms with Crippen LogP contribution in [-0.4, -0.2) is 13.4 Å². The maximum atomic E-state index is 5.43. The number of benzene rings is 1. The Balaban J connectivity index is 0.000000845. The van der Waals surface area contributed by atoms with Crippen LogP contribution in [0.2, 0.25) is 0 Å². The highest BCUT2D eigenvalue weighted by Crippen LogP contribution is 2.14. The molecule has 1 heterocycles. The largest absolute Gasteiger partial charge is 0.440 e. The molecule has 3 heteroatoms. The first-order valence-corrected chi connectivity index (χ1v) is 3.85. The Kier molecular flexibility index (Phi) is 2.90. The van der Waals surface area contributed by atoms with Crippen molar-refractivity contribution in [3.63, 3.8) is 0 Å². The predicted octanol–water partition coefficient (Wildman–Crippen LogP) is 2.18. The summed E-state index contributed by atoms with van der Waals surface area (Å²) in [6, 6.07) is 7.73. The van der Waals surface area contributed by atoms with Gasteiger partial charge in [0.05, 0.1) is 0 Å². The van der Waals surface area contributed by atoms with Crippen molar-refractivity contribution in [2.75, 3.05) is 0 Å². The Bertz CT molecular complexity index is 375. The van der Waals surface area contributed by atoms with Crippen LogP contribution in [0.3, 0.4) is 0 Å². The summed E-state index contributed by atoms with van der Waals surface area (Å²) in [6.45, 7) is 3.63. The van der Waals surface area contributed by atoms with Crippen LogP contribution >= 0.6 is 0 Å². The molecule has 2 rings (SSSR count). The van der Waals surface area contributed by atoms with Crippen molar-refractivity contribution in [3.05, 3.63) is 42.8 Å². The number of aromatic nitrogens is 1. The topological polar surface area (TPSA) is 26.0 Å². The highest BCUT2D eigenvalue weighted by atomic mass is 16.3. The zero-order chi connectivity index (χ0) is 8.39. The second-order valence-corrected chi connectivity index (χ2v) is 2.57. The fourth-order valence-corrected chi connectivity index (χ4v) is 1.13. The van der Waals surface area contributed by atoms with Crippen molar-refractivity contribution < 1.29 is 4.42 Å². The van der Waals surface area contributed by atoms with Crippen molar-refractivity contribution in [3.8, 4) is 0 Å². The van der Waals surface area contributed by atoms with Crippen LogP contribution in [0.5, 0.6) is 0 Å². The summed E-state index contributed by atoms with van der Waals surface area (Å²) in [7, 11) is 0. The van der Waals surface area contributed by atoms with Crippen LogP contribution in [0, 0.1) is 0 Å². The van der Waals surface area contributed by atoms with Gasteiger partial charge in [-0.3, -0.25) is 0 Å². The first-order chi connectivity index (χ1) is 5.90. The number of nitrogens with zero attached hydrogens (tertiary/aromatic N) is 1. The molecule has 63 valence electrons. The van der Waals surface area contributed by atoms with Crippen LogP contribution in [0.1, 0.15) is 5.89 Å². The Morgan fingerprint density at radius 2 is 2.15 bits per heavy atom. The van der Waals surface area contributed by atoms with E-state index in [-0.39, 0.29) is 8.41 Å². The minimum atomic E-state index is 0. The van der Waals surface area contributed by atoms with E-state index in [9.17, 15) is 0 Å². The smallest absolute Gasteiger partial charge is 0.199 e. The Hall–Kier alpha value is -1.51. The van der Waals surface area contributed by atoms with E-state index < -0.39 is 0 Å². The first-order valence-electron chi connectivity index (χ1n) is 3.85. The lowest BCUT2D eigenvalue weighted by molar-refractivity contribution is 0.547. The molecule has 3 radical (unpaired) electrons. The van der Waals surface area contributed by atoms with Crippen LogP contribution in [0.4, 0.5) is 0 Å². The van der Waals surface area contributed by atoms with Gasteiger partial charge in [0, 0.05) is 14.8 Å². The second kappa shape index (κ2) is 3.94. The van der Waals surface area contributed by atoms with E-state index in [2.05, 4.69) is 11.6 Å². The average molecular weight is 170 g/mol. The van der Waals surface area contributed by atoms with Gasteiger partial charge in [-0.2, -0.15) is 0 Å². The quantitative estimate of drug-likeness (QED) is 0.509. The number of para-hydroxylation sites is 2. The molecule has 0 aliphatic rings. The van der Waals surface area contributed by atoms with E-state index >= 15 is 0 Å². The van der Waals surface area contributed by atoms with E-state index in [0.717, 1.165) is 17.0 Å². The van der Waals surface area contributed by atoms with Crippen molar-refractivity contribution in [1.29, 1.82) is 0 Å². The monoisotopic (exact) mass is 170 g/mol. The van der Waals surface area contributed by atoms with Crippen molar-refractivity contribution in [2.45, 2.75) is 6.42 Å². The lowest BCUT2D eigenvalue weighted by Gasteiger charge is -1.82. The first kappa shape index (κ1) is 9.58. The van der Waals surface area contributed by atoms with E-state index in [1.54, 1.807) is 6.08 Å². The van der Waals surface area contributed by atoms with Gasteiger partial charge in [-0.25, -0.2) is 4.98 Å². The Morgan fingerprint density at radius 1 is 1.38 bits per heavy atom. The highest BCUT2D eigenvalue weighted by molar-refractivity contribution is 5.75. The van der Waals surface area contributed by atoms with Gasteiger partial charge in [-0.05, 0) is 12.1 Å². The van der Waals surface area contributed by atoms with Gasteiger partial charge in [0.15, 0.2) is 11.5 Å². The molecule has 0 spiro atoms. The zero-order valence-corrected chi connectivity index (χ0v) is 7.23. The molecular formula is C10H9BNO. The van der Waals surface area contributed by atoms with Gasteiger partial charge in [0.25, 0.3) is 0 Å². The minimum Gasteiger partial charge on any atom is -0.440 e. The molecule has 0 N–H and O–H groups in total. The number of allylic oxidation sites excluding steroid dienone is 1. The fourth-order valence-electron chi connectivity index (χ4n) is 1.13. The molecule has 0 saturated heterocycles. The third kappa shape index (κ3) is 1.80. The molecule has 0 saturated carbocycles. The maximum absolute atomic E-state index is 5.43. The second-order valence-electron chi connectivity index (χ2n) is 2.57. The van der Waals surface area contributed by atoms with E-state index in [4.69, 9.17) is 4.42 Å². The van der Waals surface area contributed by atoms with Crippen LogP contribution in [0.25, 0.3) is 11.1 Å². The normalized spacial score (nSPS) is 9.54. The molecule has 2 nitrogen and oxygen atoms in total. The fraction of sp³-hybridized carbons (Fsp3) is 0.100. The van der Waals surface area contributed by atoms with Gasteiger partial charge in [-0.15, -0.1) is 6.58 Å². The maximum Gasteiger partial charge on any atom is 0.199 e. The van der Waals surface area contributed by atoms with Crippen LogP contribution < -0.4 is 0 Å². The summed E-state index contributed by atoms with van der Waals surface area (Å²) in [4.78, 5) is 4.26. The standard InChI is InChI=1S/C10H9NO.B/c1-2-5-10-11-8-6-3-4-7-9(8)12-10;/h2-4,6-7H,1,5H2;. The minimum absolute atomic E-state index is 0. The molecule has 1 aromatic carbocycles. The lowest BCUT2D eigenvalue weighted by atomic mass is 10.3. The third-order valence-corrected chi connectivity index (χ3v) is 1.66. The summed E-state index contributed by atoms with van der Waals surface area (Å²) >= 11 is 0. The van der Waals surface area contributed by atoms with Gasteiger partial charge in [0.1, 0.15) is 5.52 Å². The van der Waals surface area contributed by atoms with Gasteiger partial charge < -0.3 is 4.42 Å². The molecule has 0 bridgehead atoms. The number of oxazole rings is 1. The Labute approximate surface area is 78.9 Å². The van der Waals surface area contributed by atoms with Crippen molar-refractivity contribution >= 4 is 19.5 Å². The van der Waals surface area contributed by atoms with Crippen LogP contribution in [0.15, 0.2) is 41.3 Å². The van der Waals surface area contributed by atoms with Gasteiger partial charge >= 0.3 is 0 Å². The average Bonchev–Trinajstić information content (AvgIpc) is 2.47. The summed E-state index contributed by atoms with van der Waals surface area (Å²) in [5.74, 6) is 0.728. The molecule has 13 heavy (non-hydrogen) atoms.